The number of aliphatic hydroxyl groups is 1. The van der Waals surface area contributed by atoms with Gasteiger partial charge in [-0.3, -0.25) is 19.2 Å². The molecule has 10 heteroatoms. The van der Waals surface area contributed by atoms with Crippen molar-refractivity contribution in [2.24, 2.45) is 0 Å². The number of anilines is 1. The molecule has 0 saturated carbocycles. The number of carbonyl (C=O) groups excluding carboxylic acids is 4. The van der Waals surface area contributed by atoms with E-state index >= 15 is 0 Å². The zero-order valence-electron chi connectivity index (χ0n) is 18.0. The van der Waals surface area contributed by atoms with Gasteiger partial charge < -0.3 is 25.8 Å². The zero-order chi connectivity index (χ0) is 23.4. The van der Waals surface area contributed by atoms with Crippen molar-refractivity contribution in [1.82, 2.24) is 10.6 Å². The molecule has 1 aromatic rings. The first-order valence-electron chi connectivity index (χ1n) is 9.97. The van der Waals surface area contributed by atoms with Gasteiger partial charge in [-0.15, -0.1) is 11.6 Å². The van der Waals surface area contributed by atoms with Crippen LogP contribution in [0.5, 0.6) is 0 Å². The van der Waals surface area contributed by atoms with Crippen LogP contribution in [0.25, 0.3) is 0 Å². The summed E-state index contributed by atoms with van der Waals surface area (Å²) >= 11 is 5.83. The average Bonchev–Trinajstić information content (AvgIpc) is 2.75. The number of rotatable bonds is 12. The Morgan fingerprint density at radius 1 is 0.968 bits per heavy atom. The summed E-state index contributed by atoms with van der Waals surface area (Å²) in [5, 5.41) is 17.1. The minimum atomic E-state index is -0.857. The first-order chi connectivity index (χ1) is 14.7. The number of benzene rings is 1. The molecule has 2 unspecified atom stereocenters. The second kappa shape index (κ2) is 13.6. The van der Waals surface area contributed by atoms with E-state index in [4.69, 9.17) is 11.6 Å². The van der Waals surface area contributed by atoms with Crippen LogP contribution in [0.4, 0.5) is 5.69 Å². The van der Waals surface area contributed by atoms with Gasteiger partial charge in [-0.05, 0) is 49.9 Å². The number of ether oxygens (including phenoxy) is 1. The number of methoxy groups -OCH3 is 1. The molecule has 0 bridgehead atoms. The number of unbranched alkanes of at least 4 members (excludes halogenated alkanes) is 1. The van der Waals surface area contributed by atoms with Crippen molar-refractivity contribution >= 4 is 41.0 Å². The lowest BCUT2D eigenvalue weighted by Crippen LogP contribution is -2.50. The molecule has 0 aliphatic carbocycles. The number of esters is 1. The van der Waals surface area contributed by atoms with E-state index in [0.717, 1.165) is 5.56 Å². The highest BCUT2D eigenvalue weighted by atomic mass is 35.5. The average molecular weight is 456 g/mol. The molecule has 0 radical (unpaired) electrons. The molecule has 0 saturated heterocycles. The molecule has 31 heavy (non-hydrogen) atoms. The van der Waals surface area contributed by atoms with E-state index in [1.807, 2.05) is 0 Å². The van der Waals surface area contributed by atoms with E-state index in [0.29, 0.717) is 24.1 Å². The molecule has 3 amide bonds. The van der Waals surface area contributed by atoms with E-state index in [1.54, 1.807) is 18.2 Å². The lowest BCUT2D eigenvalue weighted by molar-refractivity contribution is -0.140. The normalized spacial score (nSPS) is 12.4. The summed E-state index contributed by atoms with van der Waals surface area (Å²) in [7, 11) is 1.31. The minimum absolute atomic E-state index is 0.175. The van der Waals surface area contributed by atoms with Crippen LogP contribution in [0.1, 0.15) is 50.7 Å². The number of hydrogen-bond donors (Lipinski definition) is 4. The SMILES string of the molecule is COC(=O)CCCCC(=O)NC(C)C(=O)NC(C)C(=O)Nc1cc(CO)cc(CCl)c1. The quantitative estimate of drug-likeness (QED) is 0.215. The molecule has 1 rings (SSSR count). The summed E-state index contributed by atoms with van der Waals surface area (Å²) in [5.41, 5.74) is 1.80. The number of amides is 3. The van der Waals surface area contributed by atoms with Crippen molar-refractivity contribution in [3.8, 4) is 0 Å². The first kappa shape index (κ1) is 26.4. The molecule has 2 atom stereocenters. The van der Waals surface area contributed by atoms with Crippen LogP contribution < -0.4 is 16.0 Å². The van der Waals surface area contributed by atoms with Gasteiger partial charge in [-0.1, -0.05) is 6.07 Å². The smallest absolute Gasteiger partial charge is 0.305 e. The van der Waals surface area contributed by atoms with Gasteiger partial charge in [0.2, 0.25) is 17.7 Å². The summed E-state index contributed by atoms with van der Waals surface area (Å²) in [4.78, 5) is 47.7. The molecule has 1 aromatic carbocycles. The van der Waals surface area contributed by atoms with E-state index in [-0.39, 0.29) is 37.2 Å². The highest BCUT2D eigenvalue weighted by Gasteiger charge is 2.21. The standard InChI is InChI=1S/C21H30ClN3O6/c1-13(23-18(27)6-4-5-7-19(28)31-3)20(29)24-14(2)21(30)25-17-9-15(11-22)8-16(10-17)12-26/h8-10,13-14,26H,4-7,11-12H2,1-3H3,(H,23,27)(H,24,29)(H,25,30). The van der Waals surface area contributed by atoms with Crippen LogP contribution in [0.3, 0.4) is 0 Å². The van der Waals surface area contributed by atoms with Gasteiger partial charge in [0.1, 0.15) is 12.1 Å². The van der Waals surface area contributed by atoms with E-state index in [1.165, 1.54) is 21.0 Å². The van der Waals surface area contributed by atoms with Crippen molar-refractivity contribution < 1.29 is 29.0 Å². The molecular formula is C21H30ClN3O6. The third kappa shape index (κ3) is 9.80. The Balaban J connectivity index is 2.48. The summed E-state index contributed by atoms with van der Waals surface area (Å²) in [6.07, 6.45) is 1.42. The van der Waals surface area contributed by atoms with Crippen LogP contribution in [0.2, 0.25) is 0 Å². The van der Waals surface area contributed by atoms with Crippen molar-refractivity contribution in [3.05, 3.63) is 29.3 Å². The van der Waals surface area contributed by atoms with Gasteiger partial charge in [-0.2, -0.15) is 0 Å². The second-order valence-electron chi connectivity index (χ2n) is 7.12. The fourth-order valence-corrected chi connectivity index (χ4v) is 2.85. The van der Waals surface area contributed by atoms with Gasteiger partial charge >= 0.3 is 5.97 Å². The van der Waals surface area contributed by atoms with Gasteiger partial charge in [0.25, 0.3) is 0 Å². The molecule has 0 heterocycles. The van der Waals surface area contributed by atoms with Crippen LogP contribution >= 0.6 is 11.6 Å². The number of carbonyl (C=O) groups is 4. The lowest BCUT2D eigenvalue weighted by atomic mass is 10.1. The Kier molecular flexibility index (Phi) is 11.6. The van der Waals surface area contributed by atoms with Crippen LogP contribution in [0.15, 0.2) is 18.2 Å². The van der Waals surface area contributed by atoms with Gasteiger partial charge in [0.15, 0.2) is 0 Å². The molecular weight excluding hydrogens is 426 g/mol. The molecule has 0 aliphatic rings. The summed E-state index contributed by atoms with van der Waals surface area (Å²) in [6, 6.07) is 3.34. The largest absolute Gasteiger partial charge is 0.469 e. The first-order valence-corrected chi connectivity index (χ1v) is 10.5. The highest BCUT2D eigenvalue weighted by Crippen LogP contribution is 2.17. The Bertz CT molecular complexity index is 764. The van der Waals surface area contributed by atoms with E-state index in [2.05, 4.69) is 20.7 Å². The van der Waals surface area contributed by atoms with Crippen molar-refractivity contribution in [2.75, 3.05) is 12.4 Å². The molecule has 0 aliphatic heterocycles. The maximum atomic E-state index is 12.4. The highest BCUT2D eigenvalue weighted by molar-refractivity contribution is 6.17. The van der Waals surface area contributed by atoms with Crippen LogP contribution in [0, 0.1) is 0 Å². The predicted octanol–water partition coefficient (Wildman–Crippen LogP) is 1.60. The van der Waals surface area contributed by atoms with E-state index in [9.17, 15) is 24.3 Å². The van der Waals surface area contributed by atoms with Crippen LogP contribution in [-0.4, -0.2) is 48.0 Å². The number of nitrogens with one attached hydrogen (secondary N) is 3. The molecule has 0 fully saturated rings. The number of hydrogen-bond acceptors (Lipinski definition) is 6. The van der Waals surface area contributed by atoms with E-state index < -0.39 is 23.9 Å². The number of halogens is 1. The summed E-state index contributed by atoms with van der Waals surface area (Å²) in [6.45, 7) is 2.84. The second-order valence-corrected chi connectivity index (χ2v) is 7.39. The fourth-order valence-electron chi connectivity index (χ4n) is 2.69. The lowest BCUT2D eigenvalue weighted by Gasteiger charge is -2.19. The van der Waals surface area contributed by atoms with Gasteiger partial charge in [0, 0.05) is 24.4 Å². The minimum Gasteiger partial charge on any atom is -0.469 e. The summed E-state index contributed by atoms with van der Waals surface area (Å²) < 4.78 is 4.53. The third-order valence-corrected chi connectivity index (χ3v) is 4.75. The zero-order valence-corrected chi connectivity index (χ0v) is 18.8. The van der Waals surface area contributed by atoms with Crippen LogP contribution in [-0.2, 0) is 36.4 Å². The van der Waals surface area contributed by atoms with Gasteiger partial charge in [-0.25, -0.2) is 0 Å². The Morgan fingerprint density at radius 2 is 1.58 bits per heavy atom. The summed E-state index contributed by atoms with van der Waals surface area (Å²) in [5.74, 6) is -1.38. The topological polar surface area (TPSA) is 134 Å². The Hall–Kier alpha value is -2.65. The Morgan fingerprint density at radius 3 is 2.19 bits per heavy atom. The maximum absolute atomic E-state index is 12.4. The molecule has 0 spiro atoms. The molecule has 0 aromatic heterocycles. The van der Waals surface area contributed by atoms with Crippen molar-refractivity contribution in [3.63, 3.8) is 0 Å². The van der Waals surface area contributed by atoms with Crippen molar-refractivity contribution in [1.29, 1.82) is 0 Å². The van der Waals surface area contributed by atoms with Crippen molar-refractivity contribution in [2.45, 2.75) is 64.1 Å². The Labute approximate surface area is 186 Å². The molecule has 9 nitrogen and oxygen atoms in total. The van der Waals surface area contributed by atoms with Gasteiger partial charge in [0.05, 0.1) is 13.7 Å². The fraction of sp³-hybridized carbons (Fsp3) is 0.524. The third-order valence-electron chi connectivity index (χ3n) is 4.44. The maximum Gasteiger partial charge on any atom is 0.305 e. The molecule has 4 N–H and O–H groups in total. The predicted molar refractivity (Wildman–Crippen MR) is 116 cm³/mol. The number of aliphatic hydroxyl groups excluding tert-OH is 1. The monoisotopic (exact) mass is 455 g/mol. The molecule has 172 valence electrons. The number of alkyl halides is 1.